The molecule has 1 fully saturated rings. The van der Waals surface area contributed by atoms with Crippen LogP contribution in [0.25, 0.3) is 22.2 Å². The third-order valence-corrected chi connectivity index (χ3v) is 6.88. The smallest absolute Gasteiger partial charge is 0.256 e. The Labute approximate surface area is 220 Å². The number of hydrogen-bond acceptors (Lipinski definition) is 8. The zero-order chi connectivity index (χ0) is 26.8. The van der Waals surface area contributed by atoms with E-state index in [1.54, 1.807) is 24.1 Å². The average Bonchev–Trinajstić information content (AvgIpc) is 3.50. The Morgan fingerprint density at radius 3 is 2.74 bits per heavy atom. The van der Waals surface area contributed by atoms with Gasteiger partial charge in [-0.05, 0) is 19.5 Å². The lowest BCUT2D eigenvalue weighted by atomic mass is 10.1. The fraction of sp³-hybridized carbons (Fsp3) is 0.385. The molecule has 200 valence electrons. The molecule has 0 bridgehead atoms. The minimum atomic E-state index is -0.565. The number of methoxy groups -OCH3 is 1. The lowest BCUT2D eigenvalue weighted by Crippen LogP contribution is -2.52. The molecule has 1 aliphatic rings. The highest BCUT2D eigenvalue weighted by Crippen LogP contribution is 2.34. The molecule has 0 aliphatic carbocycles. The number of halogens is 1. The van der Waals surface area contributed by atoms with Gasteiger partial charge < -0.3 is 25.3 Å². The van der Waals surface area contributed by atoms with Gasteiger partial charge in [0.2, 0.25) is 11.9 Å². The van der Waals surface area contributed by atoms with Crippen LogP contribution in [-0.4, -0.2) is 86.8 Å². The number of carbonyl (C=O) groups excluding carboxylic acids is 1. The third kappa shape index (κ3) is 5.04. The van der Waals surface area contributed by atoms with Gasteiger partial charge in [0.25, 0.3) is 5.88 Å². The van der Waals surface area contributed by atoms with Crippen molar-refractivity contribution in [3.05, 3.63) is 42.6 Å². The van der Waals surface area contributed by atoms with E-state index in [-0.39, 0.29) is 23.6 Å². The molecule has 38 heavy (non-hydrogen) atoms. The van der Waals surface area contributed by atoms with E-state index in [0.29, 0.717) is 34.8 Å². The van der Waals surface area contributed by atoms with Crippen molar-refractivity contribution in [3.63, 3.8) is 0 Å². The highest BCUT2D eigenvalue weighted by Gasteiger charge is 2.27. The molecule has 1 aromatic carbocycles. The summed E-state index contributed by atoms with van der Waals surface area (Å²) in [4.78, 5) is 29.5. The minimum Gasteiger partial charge on any atom is -0.478 e. The summed E-state index contributed by atoms with van der Waals surface area (Å²) >= 11 is 0. The zero-order valence-corrected chi connectivity index (χ0v) is 22.0. The van der Waals surface area contributed by atoms with E-state index in [1.807, 2.05) is 25.1 Å². The number of piperazine rings is 1. The molecule has 1 saturated heterocycles. The first kappa shape index (κ1) is 25.6. The molecule has 11 nitrogen and oxygen atoms in total. The fourth-order valence-corrected chi connectivity index (χ4v) is 4.85. The van der Waals surface area contributed by atoms with Gasteiger partial charge in [0.05, 0.1) is 36.7 Å². The quantitative estimate of drug-likeness (QED) is 0.324. The number of carbonyl (C=O) groups is 1. The van der Waals surface area contributed by atoms with Gasteiger partial charge in [-0.3, -0.25) is 14.4 Å². The maximum absolute atomic E-state index is 15.0. The lowest BCUT2D eigenvalue weighted by molar-refractivity contribution is -0.122. The number of anilines is 3. The van der Waals surface area contributed by atoms with Gasteiger partial charge in [-0.1, -0.05) is 19.1 Å². The van der Waals surface area contributed by atoms with Gasteiger partial charge in [0.1, 0.15) is 11.4 Å². The van der Waals surface area contributed by atoms with E-state index in [1.165, 1.54) is 7.11 Å². The largest absolute Gasteiger partial charge is 0.478 e. The van der Waals surface area contributed by atoms with Crippen molar-refractivity contribution in [2.24, 2.45) is 7.05 Å². The van der Waals surface area contributed by atoms with Crippen molar-refractivity contribution in [1.29, 1.82) is 0 Å². The van der Waals surface area contributed by atoms with Crippen molar-refractivity contribution < 1.29 is 13.9 Å². The summed E-state index contributed by atoms with van der Waals surface area (Å²) in [5.74, 6) is -0.0446. The van der Waals surface area contributed by atoms with Crippen LogP contribution in [0.1, 0.15) is 13.3 Å². The Hall–Kier alpha value is -4.03. The predicted octanol–water partition coefficient (Wildman–Crippen LogP) is 3.21. The molecule has 1 amide bonds. The number of nitrogens with zero attached hydrogens (tertiary/aromatic N) is 6. The number of aromatic nitrogens is 5. The topological polar surface area (TPSA) is 116 Å². The van der Waals surface area contributed by atoms with Gasteiger partial charge in [0, 0.05) is 50.4 Å². The molecule has 1 unspecified atom stereocenters. The number of aromatic amines is 1. The maximum Gasteiger partial charge on any atom is 0.256 e. The van der Waals surface area contributed by atoms with Gasteiger partial charge in [-0.25, -0.2) is 14.4 Å². The van der Waals surface area contributed by atoms with Crippen LogP contribution in [0.2, 0.25) is 0 Å². The Morgan fingerprint density at radius 1 is 1.21 bits per heavy atom. The first-order chi connectivity index (χ1) is 18.4. The molecule has 3 aromatic heterocycles. The van der Waals surface area contributed by atoms with Crippen LogP contribution in [-0.2, 0) is 11.8 Å². The van der Waals surface area contributed by atoms with Crippen molar-refractivity contribution in [3.8, 4) is 17.1 Å². The van der Waals surface area contributed by atoms with Crippen LogP contribution < -0.4 is 15.4 Å². The molecule has 5 rings (SSSR count). The van der Waals surface area contributed by atoms with Crippen LogP contribution in [0, 0.1) is 5.82 Å². The van der Waals surface area contributed by atoms with E-state index >= 15 is 0 Å². The highest BCUT2D eigenvalue weighted by atomic mass is 19.1. The highest BCUT2D eigenvalue weighted by molar-refractivity contribution is 6.06. The number of benzene rings is 1. The number of amides is 1. The van der Waals surface area contributed by atoms with Crippen LogP contribution in [0.4, 0.5) is 21.7 Å². The first-order valence-electron chi connectivity index (χ1n) is 12.6. The number of likely N-dealkylation sites (N-methyl/N-ethyl adjacent to an activating group) is 1. The minimum absolute atomic E-state index is 0.0502. The summed E-state index contributed by atoms with van der Waals surface area (Å²) in [5, 5.41) is 11.1. The standard InChI is InChI=1S/C26H32FN9O2/c1-5-21(36-11-9-34(2)10-12-36)24(37)30-19-8-6-7-16-17(13-28-23(16)19)22-18(27)14-29-26(32-22)31-20-15-35(3)33-25(20)38-4/h6-8,13-15,21,28H,5,9-12H2,1-4H3,(H,30,37)(H,29,31,32). The van der Waals surface area contributed by atoms with E-state index < -0.39 is 5.82 Å². The van der Waals surface area contributed by atoms with E-state index in [4.69, 9.17) is 4.74 Å². The van der Waals surface area contributed by atoms with Crippen molar-refractivity contribution in [2.45, 2.75) is 19.4 Å². The number of fused-ring (bicyclic) bond motifs is 1. The molecule has 12 heteroatoms. The number of nitrogens with one attached hydrogen (secondary N) is 3. The summed E-state index contributed by atoms with van der Waals surface area (Å²) < 4.78 is 21.8. The van der Waals surface area contributed by atoms with Crippen molar-refractivity contribution in [1.82, 2.24) is 34.5 Å². The average molecular weight is 522 g/mol. The van der Waals surface area contributed by atoms with Crippen molar-refractivity contribution in [2.75, 3.05) is 51.0 Å². The Balaban J connectivity index is 1.41. The molecule has 0 spiro atoms. The third-order valence-electron chi connectivity index (χ3n) is 6.88. The lowest BCUT2D eigenvalue weighted by Gasteiger charge is -2.36. The molecular formula is C26H32FN9O2. The number of aryl methyl sites for hydroxylation is 1. The fourth-order valence-electron chi connectivity index (χ4n) is 4.85. The number of hydrogen-bond donors (Lipinski definition) is 3. The molecular weight excluding hydrogens is 489 g/mol. The maximum atomic E-state index is 15.0. The second-order valence-corrected chi connectivity index (χ2v) is 9.42. The van der Waals surface area contributed by atoms with E-state index in [0.717, 1.165) is 37.8 Å². The Kier molecular flexibility index (Phi) is 7.25. The molecule has 3 N–H and O–H groups in total. The molecule has 0 radical (unpaired) electrons. The van der Waals surface area contributed by atoms with E-state index in [9.17, 15) is 9.18 Å². The van der Waals surface area contributed by atoms with Crippen LogP contribution in [0.3, 0.4) is 0 Å². The van der Waals surface area contributed by atoms with Gasteiger partial charge >= 0.3 is 0 Å². The van der Waals surface area contributed by atoms with Gasteiger partial charge in [-0.2, -0.15) is 0 Å². The van der Waals surface area contributed by atoms with E-state index in [2.05, 4.69) is 47.5 Å². The van der Waals surface area contributed by atoms with Gasteiger partial charge in [-0.15, -0.1) is 5.10 Å². The molecule has 1 aliphatic heterocycles. The zero-order valence-electron chi connectivity index (χ0n) is 22.0. The van der Waals surface area contributed by atoms with Crippen LogP contribution in [0.15, 0.2) is 36.8 Å². The molecule has 4 aromatic rings. The number of ether oxygens (including phenoxy) is 1. The second-order valence-electron chi connectivity index (χ2n) is 9.42. The summed E-state index contributed by atoms with van der Waals surface area (Å²) in [6, 6.07) is 5.33. The summed E-state index contributed by atoms with van der Waals surface area (Å²) in [7, 11) is 5.37. The SMILES string of the molecule is CCC(C(=O)Nc1cccc2c(-c3nc(Nc4cn(C)nc4OC)ncc3F)c[nH]c12)N1CCN(C)CC1. The Bertz CT molecular complexity index is 1440. The first-order valence-corrected chi connectivity index (χ1v) is 12.6. The number of H-pyrrole nitrogens is 1. The van der Waals surface area contributed by atoms with Crippen LogP contribution in [0.5, 0.6) is 5.88 Å². The molecule has 4 heterocycles. The number of para-hydroxylation sites is 1. The molecule has 1 atom stereocenters. The normalized spacial score (nSPS) is 15.5. The monoisotopic (exact) mass is 521 g/mol. The summed E-state index contributed by atoms with van der Waals surface area (Å²) in [6.45, 7) is 5.62. The molecule has 0 saturated carbocycles. The number of rotatable bonds is 8. The summed E-state index contributed by atoms with van der Waals surface area (Å²) in [6.07, 6.45) is 5.25. The van der Waals surface area contributed by atoms with Crippen molar-refractivity contribution >= 4 is 34.1 Å². The second kappa shape index (κ2) is 10.8. The summed E-state index contributed by atoms with van der Waals surface area (Å²) in [5.41, 5.74) is 2.58. The van der Waals surface area contributed by atoms with Crippen LogP contribution >= 0.6 is 0 Å². The van der Waals surface area contributed by atoms with Gasteiger partial charge in [0.15, 0.2) is 5.82 Å². The predicted molar refractivity (Wildman–Crippen MR) is 144 cm³/mol. The Morgan fingerprint density at radius 2 is 2.00 bits per heavy atom.